The Balaban J connectivity index is 1.16. The van der Waals surface area contributed by atoms with Crippen LogP contribution in [0.4, 0.5) is 16.3 Å². The molecular formula is C39H50ClN7O6. The van der Waals surface area contributed by atoms with Crippen LogP contribution in [0.1, 0.15) is 64.1 Å². The Labute approximate surface area is 316 Å². The van der Waals surface area contributed by atoms with E-state index in [1.807, 2.05) is 39.0 Å². The fourth-order valence-corrected chi connectivity index (χ4v) is 7.89. The molecule has 1 amide bonds. The Hall–Kier alpha value is -4.38. The van der Waals surface area contributed by atoms with E-state index in [0.717, 1.165) is 72.4 Å². The molecule has 0 saturated carbocycles. The molecule has 1 aromatic heterocycles. The van der Waals surface area contributed by atoms with Gasteiger partial charge in [0.15, 0.2) is 0 Å². The zero-order valence-electron chi connectivity index (χ0n) is 30.9. The van der Waals surface area contributed by atoms with Gasteiger partial charge in [-0.1, -0.05) is 35.9 Å². The fourth-order valence-electron chi connectivity index (χ4n) is 7.61. The molecule has 2 aromatic carbocycles. The van der Waals surface area contributed by atoms with Crippen LogP contribution in [0.15, 0.2) is 36.4 Å². The van der Waals surface area contributed by atoms with Crippen LogP contribution in [-0.4, -0.2) is 114 Å². The average Bonchev–Trinajstić information content (AvgIpc) is 3.58. The minimum absolute atomic E-state index is 0.0986. The first-order chi connectivity index (χ1) is 25.5. The SMILES string of the molecule is CC(C)(C)OC(=O)CCOCCCN1CCCC1COc1nc2c(c(N3CCN(C(=O)O)C(CC#N)C3)n1)CCN(c1cccc3cccc(Cl)c13)C2. The van der Waals surface area contributed by atoms with E-state index in [1.165, 1.54) is 4.90 Å². The van der Waals surface area contributed by atoms with Crippen LogP contribution in [0.5, 0.6) is 6.01 Å². The summed E-state index contributed by atoms with van der Waals surface area (Å²) in [5, 5.41) is 22.1. The standard InChI is InChI=1S/C39H50ClN7O6/c1-39(2,3)53-34(48)15-23-51-22-7-18-44-17-6-10-29(44)26-52-37-42-32-25-45(33-12-5-9-27-8-4-11-31(40)35(27)33)19-14-30(32)36(43-37)46-20-21-47(38(49)50)28(24-46)13-16-41/h4-5,8-9,11-12,28-29H,6-7,10,13-15,17-26H2,1-3H3,(H,49,50). The number of ether oxygens (including phenoxy) is 3. The van der Waals surface area contributed by atoms with Crippen molar-refractivity contribution in [3.8, 4) is 12.1 Å². The topological polar surface area (TPSA) is 145 Å². The molecule has 2 atom stereocenters. The van der Waals surface area contributed by atoms with Gasteiger partial charge in [-0.2, -0.15) is 15.2 Å². The number of halogens is 1. The van der Waals surface area contributed by atoms with Gasteiger partial charge in [-0.3, -0.25) is 9.69 Å². The molecule has 284 valence electrons. The second kappa shape index (κ2) is 17.2. The number of amides is 1. The predicted molar refractivity (Wildman–Crippen MR) is 203 cm³/mol. The highest BCUT2D eigenvalue weighted by molar-refractivity contribution is 6.36. The Morgan fingerprint density at radius 3 is 2.62 bits per heavy atom. The number of anilines is 2. The number of nitrogens with zero attached hydrogens (tertiary/aromatic N) is 7. The molecule has 0 bridgehead atoms. The minimum Gasteiger partial charge on any atom is -0.465 e. The van der Waals surface area contributed by atoms with Crippen molar-refractivity contribution in [3.05, 3.63) is 52.7 Å². The summed E-state index contributed by atoms with van der Waals surface area (Å²) in [4.78, 5) is 42.1. The molecule has 2 unspecified atom stereocenters. The smallest absolute Gasteiger partial charge is 0.407 e. The number of rotatable bonds is 13. The van der Waals surface area contributed by atoms with Crippen molar-refractivity contribution in [1.29, 1.82) is 5.26 Å². The van der Waals surface area contributed by atoms with Crippen LogP contribution >= 0.6 is 11.6 Å². The number of carbonyl (C=O) groups is 2. The van der Waals surface area contributed by atoms with E-state index in [9.17, 15) is 20.0 Å². The summed E-state index contributed by atoms with van der Waals surface area (Å²) in [5.74, 6) is 0.498. The lowest BCUT2D eigenvalue weighted by molar-refractivity contribution is -0.156. The third-order valence-corrected chi connectivity index (χ3v) is 10.4. The normalized spacial score (nSPS) is 19.3. The van der Waals surface area contributed by atoms with Gasteiger partial charge in [0.1, 0.15) is 18.0 Å². The van der Waals surface area contributed by atoms with Gasteiger partial charge in [0.2, 0.25) is 0 Å². The van der Waals surface area contributed by atoms with Crippen molar-refractivity contribution < 1.29 is 28.9 Å². The number of aromatic nitrogens is 2. The van der Waals surface area contributed by atoms with Crippen molar-refractivity contribution in [2.75, 3.05) is 68.9 Å². The predicted octanol–water partition coefficient (Wildman–Crippen LogP) is 5.91. The lowest BCUT2D eigenvalue weighted by Gasteiger charge is -2.41. The summed E-state index contributed by atoms with van der Waals surface area (Å²) in [6, 6.07) is 14.3. The summed E-state index contributed by atoms with van der Waals surface area (Å²) in [7, 11) is 0. The summed E-state index contributed by atoms with van der Waals surface area (Å²) in [5.41, 5.74) is 2.43. The maximum absolute atomic E-state index is 12.0. The molecule has 3 aromatic rings. The molecule has 0 spiro atoms. The van der Waals surface area contributed by atoms with Crippen molar-refractivity contribution in [1.82, 2.24) is 19.8 Å². The quantitative estimate of drug-likeness (QED) is 0.164. The van der Waals surface area contributed by atoms with E-state index in [-0.39, 0.29) is 31.4 Å². The van der Waals surface area contributed by atoms with Gasteiger partial charge in [-0.25, -0.2) is 4.79 Å². The molecule has 2 fully saturated rings. The van der Waals surface area contributed by atoms with Gasteiger partial charge in [0.25, 0.3) is 0 Å². The van der Waals surface area contributed by atoms with E-state index in [0.29, 0.717) is 56.9 Å². The first kappa shape index (κ1) is 38.3. The Morgan fingerprint density at radius 2 is 1.85 bits per heavy atom. The molecule has 13 nitrogen and oxygen atoms in total. The molecule has 1 N–H and O–H groups in total. The highest BCUT2D eigenvalue weighted by Gasteiger charge is 2.34. The molecule has 2 saturated heterocycles. The molecule has 3 aliphatic heterocycles. The van der Waals surface area contributed by atoms with Crippen LogP contribution in [0.2, 0.25) is 5.02 Å². The maximum atomic E-state index is 12.0. The van der Waals surface area contributed by atoms with E-state index in [2.05, 4.69) is 39.0 Å². The zero-order valence-corrected chi connectivity index (χ0v) is 31.7. The number of carbonyl (C=O) groups excluding carboxylic acids is 1. The number of carboxylic acid groups (broad SMARTS) is 1. The third-order valence-electron chi connectivity index (χ3n) is 10.1. The highest BCUT2D eigenvalue weighted by Crippen LogP contribution is 2.37. The van der Waals surface area contributed by atoms with Crippen LogP contribution in [0, 0.1) is 11.3 Å². The first-order valence-corrected chi connectivity index (χ1v) is 19.0. The van der Waals surface area contributed by atoms with Crippen LogP contribution in [0.25, 0.3) is 10.8 Å². The van der Waals surface area contributed by atoms with Crippen molar-refractivity contribution >= 4 is 45.9 Å². The maximum Gasteiger partial charge on any atom is 0.407 e. The van der Waals surface area contributed by atoms with Crippen molar-refractivity contribution in [3.63, 3.8) is 0 Å². The summed E-state index contributed by atoms with van der Waals surface area (Å²) in [6.07, 6.45) is 2.91. The molecule has 0 aliphatic carbocycles. The van der Waals surface area contributed by atoms with Crippen LogP contribution in [-0.2, 0) is 27.2 Å². The van der Waals surface area contributed by atoms with Gasteiger partial charge >= 0.3 is 18.1 Å². The van der Waals surface area contributed by atoms with Gasteiger partial charge in [-0.05, 0) is 70.5 Å². The number of likely N-dealkylation sites (tertiary alicyclic amines) is 1. The van der Waals surface area contributed by atoms with Gasteiger partial charge in [-0.15, -0.1) is 0 Å². The lowest BCUT2D eigenvalue weighted by atomic mass is 10.0. The number of esters is 1. The largest absolute Gasteiger partial charge is 0.465 e. The van der Waals surface area contributed by atoms with E-state index < -0.39 is 17.7 Å². The van der Waals surface area contributed by atoms with E-state index >= 15 is 0 Å². The second-order valence-electron chi connectivity index (χ2n) is 14.9. The molecule has 6 rings (SSSR count). The first-order valence-electron chi connectivity index (χ1n) is 18.6. The van der Waals surface area contributed by atoms with Gasteiger partial charge in [0, 0.05) is 62.0 Å². The number of piperazine rings is 1. The number of benzene rings is 2. The number of hydrogen-bond donors (Lipinski definition) is 1. The lowest BCUT2D eigenvalue weighted by Crippen LogP contribution is -2.55. The van der Waals surface area contributed by atoms with Gasteiger partial charge in [0.05, 0.1) is 48.8 Å². The van der Waals surface area contributed by atoms with E-state index in [4.69, 9.17) is 35.8 Å². The van der Waals surface area contributed by atoms with Gasteiger partial charge < -0.3 is 34.0 Å². The molecule has 53 heavy (non-hydrogen) atoms. The molecule has 4 heterocycles. The van der Waals surface area contributed by atoms with Crippen LogP contribution in [0.3, 0.4) is 0 Å². The Kier molecular flexibility index (Phi) is 12.4. The monoisotopic (exact) mass is 747 g/mol. The Bertz CT molecular complexity index is 1810. The second-order valence-corrected chi connectivity index (χ2v) is 15.3. The van der Waals surface area contributed by atoms with Crippen LogP contribution < -0.4 is 14.5 Å². The molecule has 14 heteroatoms. The van der Waals surface area contributed by atoms with Crippen molar-refractivity contribution in [2.24, 2.45) is 0 Å². The summed E-state index contributed by atoms with van der Waals surface area (Å²) in [6.45, 7) is 11.1. The minimum atomic E-state index is -1.02. The summed E-state index contributed by atoms with van der Waals surface area (Å²) >= 11 is 6.73. The molecule has 0 radical (unpaired) electrons. The molecular weight excluding hydrogens is 698 g/mol. The number of fused-ring (bicyclic) bond motifs is 2. The highest BCUT2D eigenvalue weighted by atomic mass is 35.5. The number of hydrogen-bond acceptors (Lipinski definition) is 11. The van der Waals surface area contributed by atoms with Crippen molar-refractivity contribution in [2.45, 2.75) is 83.5 Å². The zero-order chi connectivity index (χ0) is 37.5. The Morgan fingerprint density at radius 1 is 1.04 bits per heavy atom. The number of nitriles is 1. The average molecular weight is 748 g/mol. The molecule has 3 aliphatic rings. The third kappa shape index (κ3) is 9.60. The fraction of sp³-hybridized carbons (Fsp3) is 0.564. The van der Waals surface area contributed by atoms with E-state index in [1.54, 1.807) is 0 Å². The summed E-state index contributed by atoms with van der Waals surface area (Å²) < 4.78 is 17.5.